The number of benzene rings is 3. The van der Waals surface area contributed by atoms with E-state index in [1.54, 1.807) is 31.2 Å². The summed E-state index contributed by atoms with van der Waals surface area (Å²) in [5.41, 5.74) is 2.99. The number of amides is 1. The molecule has 1 fully saturated rings. The third-order valence-corrected chi connectivity index (χ3v) is 7.44. The first kappa shape index (κ1) is 22.9. The molecule has 1 amide bonds. The predicted molar refractivity (Wildman–Crippen MR) is 133 cm³/mol. The van der Waals surface area contributed by atoms with Crippen LogP contribution in [-0.2, 0) is 16.6 Å². The summed E-state index contributed by atoms with van der Waals surface area (Å²) in [6, 6.07) is 21.2. The zero-order valence-corrected chi connectivity index (χ0v) is 20.0. The van der Waals surface area contributed by atoms with Crippen LogP contribution in [0, 0.1) is 6.92 Å². The fourth-order valence-corrected chi connectivity index (χ4v) is 5.05. The van der Waals surface area contributed by atoms with Crippen molar-refractivity contribution >= 4 is 21.6 Å². The number of aromatic amines is 1. The Labute approximate surface area is 203 Å². The van der Waals surface area contributed by atoms with Gasteiger partial charge in [0.25, 0.3) is 5.91 Å². The molecule has 9 heteroatoms. The second-order valence-electron chi connectivity index (χ2n) is 8.64. The molecule has 0 bridgehead atoms. The van der Waals surface area contributed by atoms with E-state index in [-0.39, 0.29) is 17.0 Å². The molecule has 0 radical (unpaired) electrons. The average Bonchev–Trinajstić information content (AvgIpc) is 3.60. The summed E-state index contributed by atoms with van der Waals surface area (Å²) in [6.45, 7) is 1.87. The fraction of sp³-hybridized carbons (Fsp3) is 0.192. The lowest BCUT2D eigenvalue weighted by Gasteiger charge is -2.12. The molecule has 1 aliphatic carbocycles. The van der Waals surface area contributed by atoms with Crippen molar-refractivity contribution in [2.45, 2.75) is 37.1 Å². The first-order chi connectivity index (χ1) is 16.9. The lowest BCUT2D eigenvalue weighted by atomic mass is 10.1. The Balaban J connectivity index is 1.32. The van der Waals surface area contributed by atoms with Crippen LogP contribution in [0.4, 0.5) is 5.69 Å². The molecule has 5 rings (SSSR count). The van der Waals surface area contributed by atoms with E-state index in [9.17, 15) is 13.2 Å². The Morgan fingerprint density at radius 1 is 1.03 bits per heavy atom. The highest BCUT2D eigenvalue weighted by atomic mass is 32.2. The number of nitrogens with zero attached hydrogens (tertiary/aromatic N) is 2. The van der Waals surface area contributed by atoms with Crippen molar-refractivity contribution in [3.05, 3.63) is 95.3 Å². The highest BCUT2D eigenvalue weighted by Gasteiger charge is 2.27. The van der Waals surface area contributed by atoms with E-state index >= 15 is 0 Å². The topological polar surface area (TPSA) is 117 Å². The molecule has 0 saturated heterocycles. The van der Waals surface area contributed by atoms with E-state index < -0.39 is 15.9 Å². The summed E-state index contributed by atoms with van der Waals surface area (Å²) >= 11 is 0. The number of anilines is 1. The van der Waals surface area contributed by atoms with Crippen LogP contribution in [0.5, 0.6) is 0 Å². The van der Waals surface area contributed by atoms with E-state index in [0.29, 0.717) is 23.0 Å². The molecule has 1 aromatic heterocycles. The molecular weight excluding hydrogens is 462 g/mol. The van der Waals surface area contributed by atoms with Crippen LogP contribution in [0.25, 0.3) is 11.4 Å². The molecule has 0 spiro atoms. The first-order valence-corrected chi connectivity index (χ1v) is 12.9. The lowest BCUT2D eigenvalue weighted by Crippen LogP contribution is -2.24. The summed E-state index contributed by atoms with van der Waals surface area (Å²) in [5, 5.41) is 10.1. The van der Waals surface area contributed by atoms with Gasteiger partial charge in [0.1, 0.15) is 5.82 Å². The van der Waals surface area contributed by atoms with Gasteiger partial charge in [-0.3, -0.25) is 9.89 Å². The van der Waals surface area contributed by atoms with Crippen LogP contribution in [0.1, 0.15) is 46.1 Å². The van der Waals surface area contributed by atoms with Crippen LogP contribution in [0.15, 0.2) is 77.7 Å². The summed E-state index contributed by atoms with van der Waals surface area (Å²) in [7, 11) is -3.81. The van der Waals surface area contributed by atoms with Crippen LogP contribution >= 0.6 is 0 Å². The zero-order valence-electron chi connectivity index (χ0n) is 19.2. The SMILES string of the molecule is Cc1ccc(C(=O)Nc2cccc(-c3n[nH]c(C4CC4)n3)c2)cc1S(=O)(=O)NCc1ccccc1. The van der Waals surface area contributed by atoms with Gasteiger partial charge in [-0.25, -0.2) is 18.1 Å². The van der Waals surface area contributed by atoms with Crippen molar-refractivity contribution in [1.29, 1.82) is 0 Å². The number of H-pyrrole nitrogens is 1. The Bertz CT molecular complexity index is 1480. The number of sulfonamides is 1. The second-order valence-corrected chi connectivity index (χ2v) is 10.4. The third-order valence-electron chi connectivity index (χ3n) is 5.89. The molecule has 4 aromatic rings. The minimum absolute atomic E-state index is 0.0724. The number of rotatable bonds is 8. The number of nitrogens with one attached hydrogen (secondary N) is 3. The molecule has 0 atom stereocenters. The van der Waals surface area contributed by atoms with Crippen molar-refractivity contribution in [1.82, 2.24) is 19.9 Å². The third kappa shape index (κ3) is 5.31. The molecule has 8 nitrogen and oxygen atoms in total. The first-order valence-electron chi connectivity index (χ1n) is 11.4. The van der Waals surface area contributed by atoms with Crippen LogP contribution in [0.3, 0.4) is 0 Å². The van der Waals surface area contributed by atoms with E-state index in [4.69, 9.17) is 0 Å². The molecule has 0 aliphatic heterocycles. The summed E-state index contributed by atoms with van der Waals surface area (Å²) in [6.07, 6.45) is 2.25. The summed E-state index contributed by atoms with van der Waals surface area (Å²) in [4.78, 5) is 17.6. The molecule has 3 N–H and O–H groups in total. The molecule has 3 aromatic carbocycles. The number of hydrogen-bond donors (Lipinski definition) is 3. The van der Waals surface area contributed by atoms with Crippen molar-refractivity contribution in [3.63, 3.8) is 0 Å². The average molecular weight is 488 g/mol. The van der Waals surface area contributed by atoms with Gasteiger partial charge in [-0.05, 0) is 55.2 Å². The predicted octanol–water partition coefficient (Wildman–Crippen LogP) is 4.39. The molecule has 35 heavy (non-hydrogen) atoms. The van der Waals surface area contributed by atoms with Gasteiger partial charge in [-0.1, -0.05) is 48.5 Å². The standard InChI is InChI=1S/C26H25N5O3S/c1-17-10-11-21(15-23(17)35(33,34)27-16-18-6-3-2-4-7-18)26(32)28-22-9-5-8-20(14-22)25-29-24(30-31-25)19-12-13-19/h2-11,14-15,19,27H,12-13,16H2,1H3,(H,28,32)(H,29,30,31). The summed E-state index contributed by atoms with van der Waals surface area (Å²) in [5.74, 6) is 1.53. The van der Waals surface area contributed by atoms with Gasteiger partial charge in [0.05, 0.1) is 4.90 Å². The van der Waals surface area contributed by atoms with Crippen LogP contribution in [0.2, 0.25) is 0 Å². The summed E-state index contributed by atoms with van der Waals surface area (Å²) < 4.78 is 28.5. The van der Waals surface area contributed by atoms with E-state index in [0.717, 1.165) is 29.8 Å². The second kappa shape index (κ2) is 9.44. The zero-order chi connectivity index (χ0) is 24.4. The van der Waals surface area contributed by atoms with E-state index in [2.05, 4.69) is 25.2 Å². The van der Waals surface area contributed by atoms with Gasteiger partial charge < -0.3 is 5.32 Å². The van der Waals surface area contributed by atoms with Crippen molar-refractivity contribution in [3.8, 4) is 11.4 Å². The Kier molecular flexibility index (Phi) is 6.19. The molecule has 1 aliphatic rings. The monoisotopic (exact) mass is 487 g/mol. The smallest absolute Gasteiger partial charge is 0.255 e. The maximum absolute atomic E-state index is 13.0. The normalized spacial score (nSPS) is 13.5. The number of aromatic nitrogens is 3. The highest BCUT2D eigenvalue weighted by Crippen LogP contribution is 2.38. The van der Waals surface area contributed by atoms with E-state index in [1.165, 1.54) is 6.07 Å². The molecule has 0 unspecified atom stereocenters. The number of carbonyl (C=O) groups is 1. The van der Waals surface area contributed by atoms with Gasteiger partial charge in [0, 0.05) is 29.3 Å². The van der Waals surface area contributed by atoms with Crippen molar-refractivity contribution in [2.24, 2.45) is 0 Å². The number of aryl methyl sites for hydroxylation is 1. The van der Waals surface area contributed by atoms with Gasteiger partial charge >= 0.3 is 0 Å². The van der Waals surface area contributed by atoms with Crippen molar-refractivity contribution < 1.29 is 13.2 Å². The van der Waals surface area contributed by atoms with Gasteiger partial charge in [0.2, 0.25) is 10.0 Å². The highest BCUT2D eigenvalue weighted by molar-refractivity contribution is 7.89. The van der Waals surface area contributed by atoms with Crippen molar-refractivity contribution in [2.75, 3.05) is 5.32 Å². The molecule has 1 heterocycles. The minimum Gasteiger partial charge on any atom is -0.322 e. The van der Waals surface area contributed by atoms with Crippen LogP contribution < -0.4 is 10.0 Å². The maximum atomic E-state index is 13.0. The Morgan fingerprint density at radius 2 is 1.83 bits per heavy atom. The van der Waals surface area contributed by atoms with Gasteiger partial charge in [-0.2, -0.15) is 5.10 Å². The maximum Gasteiger partial charge on any atom is 0.255 e. The number of hydrogen-bond acceptors (Lipinski definition) is 5. The Hall–Kier alpha value is -3.82. The largest absolute Gasteiger partial charge is 0.322 e. The molecular formula is C26H25N5O3S. The van der Waals surface area contributed by atoms with Gasteiger partial charge in [0.15, 0.2) is 5.82 Å². The van der Waals surface area contributed by atoms with Crippen LogP contribution in [-0.4, -0.2) is 29.5 Å². The lowest BCUT2D eigenvalue weighted by molar-refractivity contribution is 0.102. The van der Waals surface area contributed by atoms with Gasteiger partial charge in [-0.15, -0.1) is 0 Å². The number of carbonyl (C=O) groups excluding carboxylic acids is 1. The van der Waals surface area contributed by atoms with E-state index in [1.807, 2.05) is 42.5 Å². The minimum atomic E-state index is -3.81. The molecule has 1 saturated carbocycles. The quantitative estimate of drug-likeness (QED) is 0.341. The molecule has 178 valence electrons. The Morgan fingerprint density at radius 3 is 2.60 bits per heavy atom. The fourth-order valence-electron chi connectivity index (χ4n) is 3.76.